The Labute approximate surface area is 192 Å². The van der Waals surface area contributed by atoms with Crippen molar-refractivity contribution in [3.63, 3.8) is 0 Å². The van der Waals surface area contributed by atoms with Crippen LogP contribution in [0.5, 0.6) is 11.5 Å². The molecule has 0 radical (unpaired) electrons. The van der Waals surface area contributed by atoms with E-state index in [9.17, 15) is 9.59 Å². The lowest BCUT2D eigenvalue weighted by Crippen LogP contribution is -2.21. The van der Waals surface area contributed by atoms with E-state index >= 15 is 0 Å². The van der Waals surface area contributed by atoms with Crippen LogP contribution in [0.4, 0.5) is 5.00 Å². The second-order valence-corrected chi connectivity index (χ2v) is 8.57. The maximum atomic E-state index is 12.6. The van der Waals surface area contributed by atoms with Crippen LogP contribution in [0.3, 0.4) is 0 Å². The van der Waals surface area contributed by atoms with Crippen LogP contribution in [0, 0.1) is 20.8 Å². The zero-order valence-corrected chi connectivity index (χ0v) is 19.7. The van der Waals surface area contributed by atoms with Crippen molar-refractivity contribution in [2.75, 3.05) is 25.6 Å². The van der Waals surface area contributed by atoms with Gasteiger partial charge in [-0.2, -0.15) is 0 Å². The average molecular weight is 454 g/mol. The molecule has 2 aromatic carbocycles. The summed E-state index contributed by atoms with van der Waals surface area (Å²) >= 11 is 1.33. The van der Waals surface area contributed by atoms with Crippen molar-refractivity contribution in [1.29, 1.82) is 0 Å². The minimum atomic E-state index is -0.510. The number of hydrogen-bond acceptors (Lipinski definition) is 6. The average Bonchev–Trinajstić information content (AvgIpc) is 3.07. The molecule has 6 nitrogen and oxygen atoms in total. The van der Waals surface area contributed by atoms with E-state index < -0.39 is 5.97 Å². The molecule has 3 aromatic rings. The summed E-state index contributed by atoms with van der Waals surface area (Å²) in [7, 11) is 1.33. The largest absolute Gasteiger partial charge is 0.494 e. The third-order valence-corrected chi connectivity index (χ3v) is 5.77. The molecule has 0 unspecified atom stereocenters. The summed E-state index contributed by atoms with van der Waals surface area (Å²) in [4.78, 5) is 26.1. The molecule has 0 saturated heterocycles. The van der Waals surface area contributed by atoms with E-state index in [-0.39, 0.29) is 12.5 Å². The third kappa shape index (κ3) is 5.48. The highest BCUT2D eigenvalue weighted by Crippen LogP contribution is 2.40. The zero-order valence-electron chi connectivity index (χ0n) is 18.9. The van der Waals surface area contributed by atoms with E-state index in [0.29, 0.717) is 22.9 Å². The molecule has 1 N–H and O–H groups in total. The maximum absolute atomic E-state index is 12.6. The predicted octanol–water partition coefficient (Wildman–Crippen LogP) is 5.54. The summed E-state index contributed by atoms with van der Waals surface area (Å²) in [6.07, 6.45) is 0. The first kappa shape index (κ1) is 23.3. The molecule has 0 atom stereocenters. The summed E-state index contributed by atoms with van der Waals surface area (Å²) in [5.41, 5.74) is 4.02. The number of thiophene rings is 1. The zero-order chi connectivity index (χ0) is 23.3. The first-order valence-electron chi connectivity index (χ1n) is 10.3. The van der Waals surface area contributed by atoms with Gasteiger partial charge in [0.1, 0.15) is 22.1 Å². The lowest BCUT2D eigenvalue weighted by Gasteiger charge is -2.10. The van der Waals surface area contributed by atoms with Gasteiger partial charge in [-0.15, -0.1) is 11.3 Å². The number of rotatable bonds is 8. The fraction of sp³-hybridized carbons (Fsp3) is 0.280. The Bertz CT molecular complexity index is 1100. The van der Waals surface area contributed by atoms with Gasteiger partial charge in [-0.1, -0.05) is 18.2 Å². The summed E-state index contributed by atoms with van der Waals surface area (Å²) in [5, 5.41) is 3.25. The van der Waals surface area contributed by atoms with Crippen molar-refractivity contribution < 1.29 is 23.8 Å². The van der Waals surface area contributed by atoms with E-state index in [0.717, 1.165) is 32.9 Å². The number of aryl methyl sites for hydroxylation is 3. The molecular weight excluding hydrogens is 426 g/mol. The molecule has 1 aromatic heterocycles. The van der Waals surface area contributed by atoms with Gasteiger partial charge in [-0.25, -0.2) is 4.79 Å². The first-order chi connectivity index (χ1) is 15.3. The van der Waals surface area contributed by atoms with Gasteiger partial charge in [0, 0.05) is 10.4 Å². The molecule has 0 spiro atoms. The number of ether oxygens (including phenoxy) is 3. The number of anilines is 1. The summed E-state index contributed by atoms with van der Waals surface area (Å²) < 4.78 is 16.2. The Morgan fingerprint density at radius 1 is 0.938 bits per heavy atom. The van der Waals surface area contributed by atoms with Gasteiger partial charge >= 0.3 is 5.97 Å². The van der Waals surface area contributed by atoms with E-state index in [1.54, 1.807) is 0 Å². The lowest BCUT2D eigenvalue weighted by atomic mass is 10.0. The highest BCUT2D eigenvalue weighted by molar-refractivity contribution is 7.17. The SMILES string of the molecule is CCOc1ccc(-c2c(C)sc(NC(=O)COc3cc(C)cc(C)c3)c2C(=O)OC)cc1. The Morgan fingerprint density at radius 2 is 1.59 bits per heavy atom. The van der Waals surface area contributed by atoms with Gasteiger partial charge in [0.2, 0.25) is 0 Å². The van der Waals surface area contributed by atoms with Gasteiger partial charge in [0.25, 0.3) is 5.91 Å². The molecule has 0 bridgehead atoms. The van der Waals surface area contributed by atoms with Gasteiger partial charge in [-0.3, -0.25) is 4.79 Å². The van der Waals surface area contributed by atoms with Gasteiger partial charge in [0.05, 0.1) is 13.7 Å². The fourth-order valence-corrected chi connectivity index (χ4v) is 4.57. The van der Waals surface area contributed by atoms with Gasteiger partial charge in [0.15, 0.2) is 6.61 Å². The van der Waals surface area contributed by atoms with Crippen LogP contribution in [-0.4, -0.2) is 32.2 Å². The molecule has 0 saturated carbocycles. The topological polar surface area (TPSA) is 73.9 Å². The predicted molar refractivity (Wildman–Crippen MR) is 127 cm³/mol. The number of carbonyl (C=O) groups excluding carboxylic acids is 2. The highest BCUT2D eigenvalue weighted by Gasteiger charge is 2.25. The van der Waals surface area contributed by atoms with Crippen LogP contribution in [0.2, 0.25) is 0 Å². The molecule has 7 heteroatoms. The summed E-state index contributed by atoms with van der Waals surface area (Å²) in [5.74, 6) is 0.515. The van der Waals surface area contributed by atoms with Crippen LogP contribution < -0.4 is 14.8 Å². The standard InChI is InChI=1S/C25H27NO5S/c1-6-30-19-9-7-18(8-10-19)22-17(4)32-24(23(22)25(28)29-5)26-21(27)14-31-20-12-15(2)11-16(3)13-20/h7-13H,6,14H2,1-5H3,(H,26,27). The van der Waals surface area contributed by atoms with E-state index in [1.165, 1.54) is 18.4 Å². The molecule has 32 heavy (non-hydrogen) atoms. The Hall–Kier alpha value is -3.32. The van der Waals surface area contributed by atoms with Crippen molar-refractivity contribution in [2.45, 2.75) is 27.7 Å². The Balaban J connectivity index is 1.83. The van der Waals surface area contributed by atoms with Crippen molar-refractivity contribution >= 4 is 28.2 Å². The van der Waals surface area contributed by atoms with E-state index in [4.69, 9.17) is 14.2 Å². The molecule has 0 aliphatic heterocycles. The number of nitrogens with one attached hydrogen (secondary N) is 1. The number of esters is 1. The summed E-state index contributed by atoms with van der Waals surface area (Å²) in [6.45, 7) is 8.18. The molecule has 0 aliphatic rings. The number of amides is 1. The highest BCUT2D eigenvalue weighted by atomic mass is 32.1. The first-order valence-corrected chi connectivity index (χ1v) is 11.1. The van der Waals surface area contributed by atoms with E-state index in [1.807, 2.05) is 70.2 Å². The van der Waals surface area contributed by atoms with Crippen LogP contribution >= 0.6 is 11.3 Å². The lowest BCUT2D eigenvalue weighted by molar-refractivity contribution is -0.118. The van der Waals surface area contributed by atoms with Crippen LogP contribution in [0.15, 0.2) is 42.5 Å². The van der Waals surface area contributed by atoms with Crippen molar-refractivity contribution in [3.8, 4) is 22.6 Å². The van der Waals surface area contributed by atoms with Crippen LogP contribution in [-0.2, 0) is 9.53 Å². The Kier molecular flexibility index (Phi) is 7.53. The molecule has 0 aliphatic carbocycles. The second-order valence-electron chi connectivity index (χ2n) is 7.35. The number of benzene rings is 2. The smallest absolute Gasteiger partial charge is 0.341 e. The van der Waals surface area contributed by atoms with Crippen molar-refractivity contribution in [1.82, 2.24) is 0 Å². The minimum Gasteiger partial charge on any atom is -0.494 e. The molecule has 0 fully saturated rings. The minimum absolute atomic E-state index is 0.168. The Morgan fingerprint density at radius 3 is 2.19 bits per heavy atom. The molecule has 1 amide bonds. The third-order valence-electron chi connectivity index (χ3n) is 4.75. The normalized spacial score (nSPS) is 10.5. The number of methoxy groups -OCH3 is 1. The van der Waals surface area contributed by atoms with Gasteiger partial charge < -0.3 is 19.5 Å². The monoisotopic (exact) mass is 453 g/mol. The van der Waals surface area contributed by atoms with Crippen molar-refractivity contribution in [3.05, 3.63) is 64.0 Å². The van der Waals surface area contributed by atoms with Crippen molar-refractivity contribution in [2.24, 2.45) is 0 Å². The fourth-order valence-electron chi connectivity index (χ4n) is 3.49. The quantitative estimate of drug-likeness (QED) is 0.453. The summed E-state index contributed by atoms with van der Waals surface area (Å²) in [6, 6.07) is 13.3. The number of hydrogen-bond donors (Lipinski definition) is 1. The van der Waals surface area contributed by atoms with Crippen LogP contribution in [0.1, 0.15) is 33.3 Å². The van der Waals surface area contributed by atoms with Gasteiger partial charge in [-0.05, 0) is 68.7 Å². The molecule has 1 heterocycles. The molecule has 168 valence electrons. The maximum Gasteiger partial charge on any atom is 0.341 e. The molecular formula is C25H27NO5S. The van der Waals surface area contributed by atoms with Crippen LogP contribution in [0.25, 0.3) is 11.1 Å². The number of carbonyl (C=O) groups is 2. The van der Waals surface area contributed by atoms with E-state index in [2.05, 4.69) is 5.32 Å². The second kappa shape index (κ2) is 10.3. The molecule has 3 rings (SSSR count).